The van der Waals surface area contributed by atoms with Gasteiger partial charge >= 0.3 is 5.97 Å². The summed E-state index contributed by atoms with van der Waals surface area (Å²) >= 11 is 0. The molecule has 1 N–H and O–H groups in total. The monoisotopic (exact) mass is 219 g/mol. The largest absolute Gasteiger partial charge is 0.481 e. The van der Waals surface area contributed by atoms with Gasteiger partial charge in [-0.05, 0) is 19.3 Å². The molecule has 0 fully saturated rings. The van der Waals surface area contributed by atoms with E-state index in [9.17, 15) is 9.59 Å². The zero-order valence-electron chi connectivity index (χ0n) is 9.06. The van der Waals surface area contributed by atoms with E-state index < -0.39 is 5.97 Å². The van der Waals surface area contributed by atoms with E-state index in [2.05, 4.69) is 0 Å². The maximum Gasteiger partial charge on any atom is 0.303 e. The Morgan fingerprint density at radius 1 is 1.19 bits per heavy atom. The first-order chi connectivity index (χ1) is 7.70. The summed E-state index contributed by atoms with van der Waals surface area (Å²) in [7, 11) is 0. The molecule has 85 valence electrons. The molecule has 1 aromatic rings. The van der Waals surface area contributed by atoms with Crippen LogP contribution in [-0.2, 0) is 4.79 Å². The maximum absolute atomic E-state index is 11.6. The summed E-state index contributed by atoms with van der Waals surface area (Å²) in [6.45, 7) is 0. The first kappa shape index (κ1) is 12.4. The van der Waals surface area contributed by atoms with Gasteiger partial charge in [0.15, 0.2) is 5.78 Å². The highest BCUT2D eigenvalue weighted by Crippen LogP contribution is 2.08. The lowest BCUT2D eigenvalue weighted by atomic mass is 10.0. The molecule has 0 bridgehead atoms. The second-order valence-electron chi connectivity index (χ2n) is 3.57. The predicted octanol–water partition coefficient (Wildman–Crippen LogP) is 2.72. The van der Waals surface area contributed by atoms with Gasteiger partial charge in [-0.2, -0.15) is 0 Å². The smallest absolute Gasteiger partial charge is 0.303 e. The zero-order chi connectivity index (χ0) is 11.8. The highest BCUT2D eigenvalue weighted by atomic mass is 16.4. The van der Waals surface area contributed by atoms with Gasteiger partial charge in [-0.15, -0.1) is 0 Å². The molecule has 0 heterocycles. The molecule has 0 aliphatic carbocycles. The van der Waals surface area contributed by atoms with Crippen molar-refractivity contribution in [3.63, 3.8) is 0 Å². The number of carbonyl (C=O) groups is 2. The molecule has 16 heavy (non-hydrogen) atoms. The molecule has 0 amide bonds. The Kier molecular flexibility index (Phi) is 5.26. The normalized spacial score (nSPS) is 10.0. The van der Waals surface area contributed by atoms with Gasteiger partial charge in [0.05, 0.1) is 0 Å². The standard InChI is InChI=1S/C13H15O3/c14-12(11-7-3-1-4-8-11)9-5-2-6-10-13(15)16/h1,3-5,7-8H,2,6,9-10H2,(H,15,16). The molecule has 1 radical (unpaired) electrons. The summed E-state index contributed by atoms with van der Waals surface area (Å²) in [6, 6.07) is 9.10. The lowest BCUT2D eigenvalue weighted by Gasteiger charge is -2.00. The number of carboxylic acids is 1. The van der Waals surface area contributed by atoms with E-state index >= 15 is 0 Å². The van der Waals surface area contributed by atoms with E-state index in [0.29, 0.717) is 24.8 Å². The van der Waals surface area contributed by atoms with Gasteiger partial charge in [0.25, 0.3) is 0 Å². The third-order valence-electron chi connectivity index (χ3n) is 2.22. The quantitative estimate of drug-likeness (QED) is 0.566. The SMILES string of the molecule is O=C(O)CCC[CH]CC(=O)c1ccccc1. The second-order valence-corrected chi connectivity index (χ2v) is 3.57. The van der Waals surface area contributed by atoms with E-state index in [0.717, 1.165) is 0 Å². The van der Waals surface area contributed by atoms with E-state index in [4.69, 9.17) is 5.11 Å². The highest BCUT2D eigenvalue weighted by molar-refractivity contribution is 5.96. The number of Topliss-reactive ketones (excluding diaryl/α,β-unsaturated/α-hetero) is 1. The van der Waals surface area contributed by atoms with Gasteiger partial charge in [0.2, 0.25) is 0 Å². The Morgan fingerprint density at radius 2 is 1.88 bits per heavy atom. The van der Waals surface area contributed by atoms with Crippen LogP contribution in [0.5, 0.6) is 0 Å². The Hall–Kier alpha value is -1.64. The van der Waals surface area contributed by atoms with Gasteiger partial charge in [-0.25, -0.2) is 0 Å². The third kappa shape index (κ3) is 4.73. The number of rotatable bonds is 7. The zero-order valence-corrected chi connectivity index (χ0v) is 9.06. The average molecular weight is 219 g/mol. The lowest BCUT2D eigenvalue weighted by molar-refractivity contribution is -0.137. The molecular weight excluding hydrogens is 204 g/mol. The van der Waals surface area contributed by atoms with Crippen molar-refractivity contribution in [2.45, 2.75) is 25.7 Å². The van der Waals surface area contributed by atoms with Crippen molar-refractivity contribution in [1.29, 1.82) is 0 Å². The van der Waals surface area contributed by atoms with E-state index in [-0.39, 0.29) is 12.2 Å². The second kappa shape index (κ2) is 6.77. The summed E-state index contributed by atoms with van der Waals surface area (Å²) in [4.78, 5) is 21.8. The Morgan fingerprint density at radius 3 is 2.50 bits per heavy atom. The van der Waals surface area contributed by atoms with Crippen molar-refractivity contribution in [3.8, 4) is 0 Å². The van der Waals surface area contributed by atoms with E-state index in [1.54, 1.807) is 12.1 Å². The molecule has 3 nitrogen and oxygen atoms in total. The van der Waals surface area contributed by atoms with E-state index in [1.807, 2.05) is 24.6 Å². The van der Waals surface area contributed by atoms with Crippen LogP contribution in [0.25, 0.3) is 0 Å². The number of hydrogen-bond donors (Lipinski definition) is 1. The number of ketones is 1. The van der Waals surface area contributed by atoms with Crippen LogP contribution in [0.4, 0.5) is 0 Å². The minimum absolute atomic E-state index is 0.0796. The van der Waals surface area contributed by atoms with Gasteiger partial charge < -0.3 is 5.11 Å². The Bertz CT molecular complexity index is 343. The molecule has 0 aliphatic rings. The first-order valence-corrected chi connectivity index (χ1v) is 5.32. The van der Waals surface area contributed by atoms with Crippen LogP contribution in [0.3, 0.4) is 0 Å². The average Bonchev–Trinajstić information content (AvgIpc) is 2.29. The predicted molar refractivity (Wildman–Crippen MR) is 61.2 cm³/mol. The third-order valence-corrected chi connectivity index (χ3v) is 2.22. The van der Waals surface area contributed by atoms with E-state index in [1.165, 1.54) is 0 Å². The molecule has 1 aromatic carbocycles. The van der Waals surface area contributed by atoms with Crippen molar-refractivity contribution in [3.05, 3.63) is 42.3 Å². The van der Waals surface area contributed by atoms with Gasteiger partial charge in [0.1, 0.15) is 0 Å². The highest BCUT2D eigenvalue weighted by Gasteiger charge is 2.04. The van der Waals surface area contributed by atoms with Crippen molar-refractivity contribution < 1.29 is 14.7 Å². The van der Waals surface area contributed by atoms with Crippen molar-refractivity contribution in [2.75, 3.05) is 0 Å². The lowest BCUT2D eigenvalue weighted by Crippen LogP contribution is -1.99. The summed E-state index contributed by atoms with van der Waals surface area (Å²) in [6.07, 6.45) is 3.65. The van der Waals surface area contributed by atoms with Crippen LogP contribution < -0.4 is 0 Å². The molecule has 0 atom stereocenters. The molecule has 0 aromatic heterocycles. The molecule has 0 aliphatic heterocycles. The van der Waals surface area contributed by atoms with Crippen molar-refractivity contribution in [2.24, 2.45) is 0 Å². The summed E-state index contributed by atoms with van der Waals surface area (Å²) < 4.78 is 0. The number of unbranched alkanes of at least 4 members (excludes halogenated alkanes) is 2. The van der Waals surface area contributed by atoms with Crippen molar-refractivity contribution in [1.82, 2.24) is 0 Å². The molecule has 0 unspecified atom stereocenters. The van der Waals surface area contributed by atoms with Gasteiger partial charge in [0, 0.05) is 18.4 Å². The minimum Gasteiger partial charge on any atom is -0.481 e. The number of carbonyl (C=O) groups excluding carboxylic acids is 1. The fourth-order valence-corrected chi connectivity index (χ4v) is 1.37. The number of aliphatic carboxylic acids is 1. The molecular formula is C13H15O3. The number of hydrogen-bond acceptors (Lipinski definition) is 2. The van der Waals surface area contributed by atoms with Gasteiger partial charge in [-0.1, -0.05) is 30.3 Å². The Balaban J connectivity index is 2.19. The molecule has 0 saturated heterocycles. The molecule has 3 heteroatoms. The fraction of sp³-hybridized carbons (Fsp3) is 0.308. The first-order valence-electron chi connectivity index (χ1n) is 5.32. The van der Waals surface area contributed by atoms with Crippen LogP contribution in [0.2, 0.25) is 0 Å². The van der Waals surface area contributed by atoms with Crippen LogP contribution in [-0.4, -0.2) is 16.9 Å². The van der Waals surface area contributed by atoms with Gasteiger partial charge in [-0.3, -0.25) is 9.59 Å². The van der Waals surface area contributed by atoms with Crippen LogP contribution in [0, 0.1) is 6.42 Å². The topological polar surface area (TPSA) is 54.4 Å². The molecule has 0 saturated carbocycles. The maximum atomic E-state index is 11.6. The number of benzene rings is 1. The molecule has 0 spiro atoms. The molecule has 1 rings (SSSR count). The summed E-state index contributed by atoms with van der Waals surface area (Å²) in [5, 5.41) is 8.42. The Labute approximate surface area is 95.1 Å². The summed E-state index contributed by atoms with van der Waals surface area (Å²) in [5.74, 6) is -0.710. The van der Waals surface area contributed by atoms with Crippen LogP contribution in [0.15, 0.2) is 30.3 Å². The van der Waals surface area contributed by atoms with Crippen LogP contribution >= 0.6 is 0 Å². The van der Waals surface area contributed by atoms with Crippen LogP contribution in [0.1, 0.15) is 36.0 Å². The minimum atomic E-state index is -0.789. The van der Waals surface area contributed by atoms with Crippen molar-refractivity contribution >= 4 is 11.8 Å². The fourth-order valence-electron chi connectivity index (χ4n) is 1.37. The number of carboxylic acid groups (broad SMARTS) is 1. The summed E-state index contributed by atoms with van der Waals surface area (Å²) in [5.41, 5.74) is 0.706.